The molecule has 0 bridgehead atoms. The van der Waals surface area contributed by atoms with Crippen molar-refractivity contribution in [1.82, 2.24) is 5.32 Å². The summed E-state index contributed by atoms with van der Waals surface area (Å²) in [6.45, 7) is 8.07. The molecular formula is C12H20ClNOS. The van der Waals surface area contributed by atoms with Gasteiger partial charge in [-0.1, -0.05) is 11.6 Å². The van der Waals surface area contributed by atoms with Crippen LogP contribution in [-0.4, -0.2) is 19.3 Å². The maximum absolute atomic E-state index is 5.89. The summed E-state index contributed by atoms with van der Waals surface area (Å²) in [7, 11) is 0. The third-order valence-corrected chi connectivity index (χ3v) is 3.66. The molecule has 92 valence electrons. The van der Waals surface area contributed by atoms with Crippen molar-refractivity contribution in [1.29, 1.82) is 0 Å². The molecule has 16 heavy (non-hydrogen) atoms. The molecule has 1 aromatic rings. The second-order valence-electron chi connectivity index (χ2n) is 4.09. The average Bonchev–Trinajstić information content (AvgIpc) is 2.63. The quantitative estimate of drug-likeness (QED) is 0.753. The van der Waals surface area contributed by atoms with Crippen molar-refractivity contribution in [3.05, 3.63) is 21.3 Å². The van der Waals surface area contributed by atoms with Crippen LogP contribution in [0, 0.1) is 0 Å². The first kappa shape index (κ1) is 14.0. The standard InChI is InChI=1S/C12H20ClNOS/c1-9(2)15-8-4-7-14-10(3)11-5-6-12(13)16-11/h5-6,9-10,14H,4,7-8H2,1-3H3. The number of nitrogens with one attached hydrogen (secondary N) is 1. The van der Waals surface area contributed by atoms with Crippen LogP contribution in [-0.2, 0) is 4.74 Å². The van der Waals surface area contributed by atoms with Gasteiger partial charge in [0.05, 0.1) is 10.4 Å². The van der Waals surface area contributed by atoms with Crippen molar-refractivity contribution in [2.24, 2.45) is 0 Å². The molecule has 1 rings (SSSR count). The van der Waals surface area contributed by atoms with Gasteiger partial charge in [-0.3, -0.25) is 0 Å². The molecule has 0 saturated heterocycles. The lowest BCUT2D eigenvalue weighted by Gasteiger charge is -2.12. The summed E-state index contributed by atoms with van der Waals surface area (Å²) < 4.78 is 6.33. The Morgan fingerprint density at radius 1 is 1.38 bits per heavy atom. The van der Waals surface area contributed by atoms with Crippen LogP contribution in [0.15, 0.2) is 12.1 Å². The van der Waals surface area contributed by atoms with Gasteiger partial charge < -0.3 is 10.1 Å². The molecule has 0 aliphatic rings. The van der Waals surface area contributed by atoms with E-state index >= 15 is 0 Å². The number of hydrogen-bond donors (Lipinski definition) is 1. The Bertz CT molecular complexity index is 301. The molecule has 1 unspecified atom stereocenters. The summed E-state index contributed by atoms with van der Waals surface area (Å²) in [6, 6.07) is 4.40. The van der Waals surface area contributed by atoms with Gasteiger partial charge in [-0.25, -0.2) is 0 Å². The molecule has 1 N–H and O–H groups in total. The van der Waals surface area contributed by atoms with Crippen molar-refractivity contribution in [2.45, 2.75) is 39.3 Å². The minimum Gasteiger partial charge on any atom is -0.379 e. The smallest absolute Gasteiger partial charge is 0.0931 e. The first-order chi connectivity index (χ1) is 7.59. The number of hydrogen-bond acceptors (Lipinski definition) is 3. The van der Waals surface area contributed by atoms with Gasteiger partial charge in [-0.15, -0.1) is 11.3 Å². The van der Waals surface area contributed by atoms with Gasteiger partial charge in [0.25, 0.3) is 0 Å². The van der Waals surface area contributed by atoms with E-state index in [2.05, 4.69) is 32.2 Å². The maximum Gasteiger partial charge on any atom is 0.0931 e. The van der Waals surface area contributed by atoms with Crippen LogP contribution in [0.25, 0.3) is 0 Å². The second-order valence-corrected chi connectivity index (χ2v) is 5.84. The largest absolute Gasteiger partial charge is 0.379 e. The number of rotatable bonds is 7. The van der Waals surface area contributed by atoms with Crippen LogP contribution >= 0.6 is 22.9 Å². The minimum atomic E-state index is 0.327. The van der Waals surface area contributed by atoms with Gasteiger partial charge in [-0.2, -0.15) is 0 Å². The van der Waals surface area contributed by atoms with Crippen LogP contribution in [0.5, 0.6) is 0 Å². The Labute approximate surface area is 107 Å². The summed E-state index contributed by atoms with van der Waals surface area (Å²) >= 11 is 7.53. The van der Waals surface area contributed by atoms with Crippen LogP contribution < -0.4 is 5.32 Å². The van der Waals surface area contributed by atoms with E-state index < -0.39 is 0 Å². The Hall–Kier alpha value is -0.0900. The van der Waals surface area contributed by atoms with Gasteiger partial charge >= 0.3 is 0 Å². The van der Waals surface area contributed by atoms with E-state index in [0.717, 1.165) is 23.9 Å². The molecule has 0 amide bonds. The molecule has 4 heteroatoms. The maximum atomic E-state index is 5.89. The third kappa shape index (κ3) is 5.30. The molecule has 0 aromatic carbocycles. The lowest BCUT2D eigenvalue weighted by atomic mass is 10.2. The minimum absolute atomic E-state index is 0.327. The predicted octanol–water partition coefficient (Wildman–Crippen LogP) is 3.87. The Morgan fingerprint density at radius 2 is 2.12 bits per heavy atom. The SMILES string of the molecule is CC(C)OCCCNC(C)c1ccc(Cl)s1. The summed E-state index contributed by atoms with van der Waals surface area (Å²) in [5.74, 6) is 0. The Morgan fingerprint density at radius 3 is 2.69 bits per heavy atom. The topological polar surface area (TPSA) is 21.3 Å². The second kappa shape index (κ2) is 7.28. The lowest BCUT2D eigenvalue weighted by Crippen LogP contribution is -2.20. The van der Waals surface area contributed by atoms with E-state index in [9.17, 15) is 0 Å². The monoisotopic (exact) mass is 261 g/mol. The normalized spacial score (nSPS) is 13.3. The lowest BCUT2D eigenvalue weighted by molar-refractivity contribution is 0.0768. The molecule has 1 aromatic heterocycles. The summed E-state index contributed by atoms with van der Waals surface area (Å²) in [6.07, 6.45) is 1.37. The number of halogens is 1. The van der Waals surface area contributed by atoms with Gasteiger partial charge in [0, 0.05) is 17.5 Å². The third-order valence-electron chi connectivity index (χ3n) is 2.24. The average molecular weight is 262 g/mol. The molecule has 0 saturated carbocycles. The Balaban J connectivity index is 2.13. The van der Waals surface area contributed by atoms with E-state index in [1.54, 1.807) is 11.3 Å². The fourth-order valence-electron chi connectivity index (χ4n) is 1.37. The molecule has 1 atom stereocenters. The summed E-state index contributed by atoms with van der Waals surface area (Å²) in [5.41, 5.74) is 0. The number of thiophene rings is 1. The fraction of sp³-hybridized carbons (Fsp3) is 0.667. The molecule has 0 aliphatic heterocycles. The highest BCUT2D eigenvalue weighted by atomic mass is 35.5. The molecule has 2 nitrogen and oxygen atoms in total. The van der Waals surface area contributed by atoms with Crippen LogP contribution in [0.2, 0.25) is 4.34 Å². The molecule has 1 heterocycles. The highest BCUT2D eigenvalue weighted by Gasteiger charge is 2.06. The van der Waals surface area contributed by atoms with Gasteiger partial charge in [0.1, 0.15) is 0 Å². The van der Waals surface area contributed by atoms with Crippen molar-refractivity contribution >= 4 is 22.9 Å². The van der Waals surface area contributed by atoms with E-state index in [4.69, 9.17) is 16.3 Å². The van der Waals surface area contributed by atoms with Crippen molar-refractivity contribution in [2.75, 3.05) is 13.2 Å². The zero-order chi connectivity index (χ0) is 12.0. The molecule has 0 spiro atoms. The first-order valence-corrected chi connectivity index (χ1v) is 6.89. The first-order valence-electron chi connectivity index (χ1n) is 5.70. The summed E-state index contributed by atoms with van der Waals surface area (Å²) in [4.78, 5) is 1.29. The van der Waals surface area contributed by atoms with Crippen molar-refractivity contribution in [3.8, 4) is 0 Å². The van der Waals surface area contributed by atoms with Crippen LogP contribution in [0.1, 0.15) is 38.1 Å². The predicted molar refractivity (Wildman–Crippen MR) is 71.5 cm³/mol. The van der Waals surface area contributed by atoms with Crippen LogP contribution in [0.3, 0.4) is 0 Å². The fourth-order valence-corrected chi connectivity index (χ4v) is 2.46. The highest BCUT2D eigenvalue weighted by Crippen LogP contribution is 2.26. The van der Waals surface area contributed by atoms with E-state index in [0.29, 0.717) is 12.1 Å². The van der Waals surface area contributed by atoms with Crippen molar-refractivity contribution < 1.29 is 4.74 Å². The molecule has 0 aliphatic carbocycles. The molecule has 0 radical (unpaired) electrons. The van der Waals surface area contributed by atoms with E-state index in [-0.39, 0.29) is 0 Å². The van der Waals surface area contributed by atoms with Crippen molar-refractivity contribution in [3.63, 3.8) is 0 Å². The highest BCUT2D eigenvalue weighted by molar-refractivity contribution is 7.16. The van der Waals surface area contributed by atoms with Crippen LogP contribution in [0.4, 0.5) is 0 Å². The van der Waals surface area contributed by atoms with Gasteiger partial charge in [0.2, 0.25) is 0 Å². The Kier molecular flexibility index (Phi) is 6.36. The summed E-state index contributed by atoms with van der Waals surface area (Å²) in [5, 5.41) is 3.46. The van der Waals surface area contributed by atoms with E-state index in [1.807, 2.05) is 6.07 Å². The molecular weight excluding hydrogens is 242 g/mol. The van der Waals surface area contributed by atoms with Gasteiger partial charge in [0.15, 0.2) is 0 Å². The zero-order valence-corrected chi connectivity index (χ0v) is 11.7. The number of ether oxygens (including phenoxy) is 1. The van der Waals surface area contributed by atoms with Gasteiger partial charge in [-0.05, 0) is 45.9 Å². The zero-order valence-electron chi connectivity index (χ0n) is 10.1. The molecule has 0 fully saturated rings. The van der Waals surface area contributed by atoms with E-state index in [1.165, 1.54) is 4.88 Å².